The molecule has 0 aliphatic rings. The summed E-state index contributed by atoms with van der Waals surface area (Å²) in [5, 5.41) is 15.9. The average molecular weight is 319 g/mol. The van der Waals surface area contributed by atoms with Gasteiger partial charge in [0.15, 0.2) is 10.3 Å². The molecule has 3 aromatic rings. The minimum atomic E-state index is 0.410. The number of para-hydroxylation sites is 1. The fraction of sp³-hybridized carbons (Fsp3) is 0.0769. The molecule has 1 N–H and O–H groups in total. The third kappa shape index (κ3) is 3.26. The van der Waals surface area contributed by atoms with Gasteiger partial charge in [0.1, 0.15) is 12.7 Å². The number of nitrogens with one attached hydrogen (secondary N) is 1. The molecule has 8 heteroatoms. The largest absolute Gasteiger partial charge is 0.331 e. The molecule has 0 unspecified atom stereocenters. The number of nitrogens with zero attached hydrogens (tertiary/aromatic N) is 5. The Morgan fingerprint density at radius 1 is 1.29 bits per heavy atom. The van der Waals surface area contributed by atoms with Gasteiger partial charge in [-0.2, -0.15) is 5.10 Å². The van der Waals surface area contributed by atoms with Crippen molar-refractivity contribution in [2.75, 3.05) is 5.32 Å². The van der Waals surface area contributed by atoms with Crippen LogP contribution in [0.25, 0.3) is 0 Å². The van der Waals surface area contributed by atoms with Crippen molar-refractivity contribution in [2.24, 2.45) is 5.10 Å². The second-order valence-electron chi connectivity index (χ2n) is 4.20. The molecule has 0 atom stereocenters. The summed E-state index contributed by atoms with van der Waals surface area (Å²) >= 11 is 7.55. The van der Waals surface area contributed by atoms with Crippen LogP contribution in [0, 0.1) is 6.92 Å². The van der Waals surface area contributed by atoms with Crippen LogP contribution in [-0.4, -0.2) is 26.1 Å². The lowest BCUT2D eigenvalue weighted by molar-refractivity contribution is 0.879. The summed E-state index contributed by atoms with van der Waals surface area (Å²) in [6.07, 6.45) is 4.63. The molecule has 0 spiro atoms. The van der Waals surface area contributed by atoms with E-state index in [0.29, 0.717) is 5.15 Å². The first-order valence-corrected chi connectivity index (χ1v) is 7.30. The number of hydrogen-bond acceptors (Lipinski definition) is 6. The summed E-state index contributed by atoms with van der Waals surface area (Å²) in [7, 11) is 0. The lowest BCUT2D eigenvalue weighted by Gasteiger charge is -2.05. The quantitative estimate of drug-likeness (QED) is 0.749. The van der Waals surface area contributed by atoms with Gasteiger partial charge in [-0.3, -0.25) is 0 Å². The molecule has 1 aromatic carbocycles. The van der Waals surface area contributed by atoms with Gasteiger partial charge < -0.3 is 5.32 Å². The Bertz CT molecular complexity index is 765. The number of aryl methyl sites for hydroxylation is 1. The highest BCUT2D eigenvalue weighted by molar-refractivity contribution is 7.17. The van der Waals surface area contributed by atoms with E-state index in [4.69, 9.17) is 11.6 Å². The Balaban J connectivity index is 1.80. The van der Waals surface area contributed by atoms with E-state index < -0.39 is 0 Å². The molecule has 21 heavy (non-hydrogen) atoms. The summed E-state index contributed by atoms with van der Waals surface area (Å²) in [6, 6.07) is 7.99. The Kier molecular flexibility index (Phi) is 3.94. The standard InChI is InChI=1S/C13H11ClN6S/c1-9-4-2-3-5-10(9)18-13-19-12(14)11(21-13)6-17-20-7-15-16-8-20/h2-8H,1H3,(H,18,19)/b17-6+. The van der Waals surface area contributed by atoms with Crippen LogP contribution >= 0.6 is 22.9 Å². The second-order valence-corrected chi connectivity index (χ2v) is 5.59. The maximum Gasteiger partial charge on any atom is 0.189 e. The van der Waals surface area contributed by atoms with Crippen LogP contribution in [-0.2, 0) is 0 Å². The highest BCUT2D eigenvalue weighted by atomic mass is 35.5. The fourth-order valence-corrected chi connectivity index (χ4v) is 2.68. The maximum atomic E-state index is 6.12. The predicted octanol–water partition coefficient (Wildman–Crippen LogP) is 3.32. The minimum absolute atomic E-state index is 0.410. The van der Waals surface area contributed by atoms with Gasteiger partial charge >= 0.3 is 0 Å². The van der Waals surface area contributed by atoms with Gasteiger partial charge in [0, 0.05) is 5.69 Å². The van der Waals surface area contributed by atoms with E-state index in [9.17, 15) is 0 Å². The zero-order valence-electron chi connectivity index (χ0n) is 11.1. The van der Waals surface area contributed by atoms with Crippen molar-refractivity contribution in [3.8, 4) is 0 Å². The van der Waals surface area contributed by atoms with Gasteiger partial charge in [0.05, 0.1) is 11.1 Å². The molecule has 3 rings (SSSR count). The van der Waals surface area contributed by atoms with Crippen LogP contribution in [0.4, 0.5) is 10.8 Å². The monoisotopic (exact) mass is 318 g/mol. The van der Waals surface area contributed by atoms with Crippen LogP contribution in [0.15, 0.2) is 42.0 Å². The summed E-state index contributed by atoms with van der Waals surface area (Å²) < 4.78 is 1.49. The lowest BCUT2D eigenvalue weighted by atomic mass is 10.2. The SMILES string of the molecule is Cc1ccccc1Nc1nc(Cl)c(/C=N/n2cnnc2)s1. The number of benzene rings is 1. The van der Waals surface area contributed by atoms with Crippen LogP contribution in [0.3, 0.4) is 0 Å². The molecule has 0 aliphatic heterocycles. The molecule has 0 amide bonds. The summed E-state index contributed by atoms with van der Waals surface area (Å²) in [5.41, 5.74) is 2.15. The number of hydrogen-bond donors (Lipinski definition) is 1. The molecular weight excluding hydrogens is 308 g/mol. The van der Waals surface area contributed by atoms with E-state index in [1.54, 1.807) is 6.21 Å². The van der Waals surface area contributed by atoms with E-state index in [0.717, 1.165) is 21.3 Å². The maximum absolute atomic E-state index is 6.12. The topological polar surface area (TPSA) is 68.0 Å². The number of halogens is 1. The van der Waals surface area contributed by atoms with Crippen molar-refractivity contribution in [2.45, 2.75) is 6.92 Å². The van der Waals surface area contributed by atoms with Gasteiger partial charge in [0.2, 0.25) is 0 Å². The normalized spacial score (nSPS) is 11.1. The zero-order valence-corrected chi connectivity index (χ0v) is 12.6. The second kappa shape index (κ2) is 6.02. The minimum Gasteiger partial charge on any atom is -0.331 e. The Hall–Kier alpha value is -2.25. The Morgan fingerprint density at radius 2 is 2.05 bits per heavy atom. The van der Waals surface area contributed by atoms with Gasteiger partial charge in [-0.25, -0.2) is 9.66 Å². The number of aromatic nitrogens is 4. The number of thiazole rings is 1. The first-order chi connectivity index (χ1) is 10.2. The van der Waals surface area contributed by atoms with Gasteiger partial charge in [-0.15, -0.1) is 10.2 Å². The van der Waals surface area contributed by atoms with Crippen LogP contribution < -0.4 is 5.32 Å². The third-order valence-electron chi connectivity index (χ3n) is 2.71. The molecule has 0 radical (unpaired) electrons. The predicted molar refractivity (Wildman–Crippen MR) is 84.6 cm³/mol. The van der Waals surface area contributed by atoms with Crippen molar-refractivity contribution in [3.63, 3.8) is 0 Å². The Labute approximate surface area is 130 Å². The third-order valence-corrected chi connectivity index (χ3v) is 4.02. The van der Waals surface area contributed by atoms with Crippen molar-refractivity contribution in [3.05, 3.63) is 52.5 Å². The molecule has 2 aromatic heterocycles. The molecular formula is C13H11ClN6S. The molecule has 0 saturated carbocycles. The highest BCUT2D eigenvalue weighted by Crippen LogP contribution is 2.28. The fourth-order valence-electron chi connectivity index (χ4n) is 1.65. The molecule has 6 nitrogen and oxygen atoms in total. The molecule has 0 fully saturated rings. The summed E-state index contributed by atoms with van der Waals surface area (Å²) in [6.45, 7) is 2.03. The Morgan fingerprint density at radius 3 is 2.81 bits per heavy atom. The average Bonchev–Trinajstić information content (AvgIpc) is 3.09. The van der Waals surface area contributed by atoms with E-state index in [2.05, 4.69) is 25.6 Å². The molecule has 2 heterocycles. The lowest BCUT2D eigenvalue weighted by Crippen LogP contribution is -1.91. The molecule has 0 aliphatic carbocycles. The molecule has 0 bridgehead atoms. The summed E-state index contributed by atoms with van der Waals surface area (Å²) in [5.74, 6) is 0. The zero-order chi connectivity index (χ0) is 14.7. The van der Waals surface area contributed by atoms with E-state index in [-0.39, 0.29) is 0 Å². The number of anilines is 2. The van der Waals surface area contributed by atoms with E-state index >= 15 is 0 Å². The van der Waals surface area contributed by atoms with Gasteiger partial charge in [0.25, 0.3) is 0 Å². The van der Waals surface area contributed by atoms with Crippen molar-refractivity contribution < 1.29 is 0 Å². The van der Waals surface area contributed by atoms with Crippen LogP contribution in [0.1, 0.15) is 10.4 Å². The first kappa shape index (κ1) is 13.7. The van der Waals surface area contributed by atoms with Crippen molar-refractivity contribution in [1.82, 2.24) is 19.9 Å². The number of rotatable bonds is 4. The van der Waals surface area contributed by atoms with Crippen LogP contribution in [0.5, 0.6) is 0 Å². The van der Waals surface area contributed by atoms with Gasteiger partial charge in [-0.1, -0.05) is 41.1 Å². The van der Waals surface area contributed by atoms with Crippen molar-refractivity contribution in [1.29, 1.82) is 0 Å². The summed E-state index contributed by atoms with van der Waals surface area (Å²) in [4.78, 5) is 5.05. The van der Waals surface area contributed by atoms with Gasteiger partial charge in [-0.05, 0) is 18.6 Å². The first-order valence-electron chi connectivity index (χ1n) is 6.10. The highest BCUT2D eigenvalue weighted by Gasteiger charge is 2.08. The van der Waals surface area contributed by atoms with Crippen LogP contribution in [0.2, 0.25) is 5.15 Å². The van der Waals surface area contributed by atoms with E-state index in [1.807, 2.05) is 31.2 Å². The van der Waals surface area contributed by atoms with E-state index in [1.165, 1.54) is 28.7 Å². The molecule has 106 valence electrons. The smallest absolute Gasteiger partial charge is 0.189 e. The molecule has 0 saturated heterocycles. The van der Waals surface area contributed by atoms with Crippen molar-refractivity contribution >= 4 is 40.0 Å².